The van der Waals surface area contributed by atoms with Gasteiger partial charge in [-0.2, -0.15) is 0 Å². The van der Waals surface area contributed by atoms with Crippen molar-refractivity contribution < 1.29 is 38.4 Å². The number of hydrogen-bond acceptors (Lipinski definition) is 10. The largest absolute Gasteiger partial charge is 0.458 e. The van der Waals surface area contributed by atoms with Gasteiger partial charge in [0.15, 0.2) is 17.7 Å². The van der Waals surface area contributed by atoms with Gasteiger partial charge in [0, 0.05) is 30.0 Å². The van der Waals surface area contributed by atoms with Crippen LogP contribution in [0.1, 0.15) is 87.0 Å². The molecule has 0 radical (unpaired) electrons. The molecule has 1 amide bonds. The van der Waals surface area contributed by atoms with Gasteiger partial charge in [0.1, 0.15) is 18.1 Å². The maximum Gasteiger partial charge on any atom is 0.410 e. The number of allylic oxidation sites excluding steroid dienone is 1. The number of nitrogens with zero attached hydrogens (tertiary/aromatic N) is 5. The smallest absolute Gasteiger partial charge is 0.410 e. The molecular formula is C33H55N5O8. The Morgan fingerprint density at radius 2 is 1.89 bits per heavy atom. The molecule has 0 aromatic rings. The van der Waals surface area contributed by atoms with E-state index in [1.807, 2.05) is 52.8 Å². The maximum atomic E-state index is 13.9. The van der Waals surface area contributed by atoms with E-state index in [0.29, 0.717) is 51.6 Å². The summed E-state index contributed by atoms with van der Waals surface area (Å²) in [6.45, 7) is 13.6. The highest BCUT2D eigenvalue weighted by Crippen LogP contribution is 2.41. The van der Waals surface area contributed by atoms with Crippen molar-refractivity contribution in [2.45, 2.75) is 135 Å². The first-order chi connectivity index (χ1) is 21.7. The number of Topliss-reactive ketones (excluding diaryl/α,β-unsaturated/α-hetero) is 1. The summed E-state index contributed by atoms with van der Waals surface area (Å²) in [6, 6.07) is -0.586. The number of carbonyl (C=O) groups excluding carboxylic acids is 3. The molecule has 0 aromatic heterocycles. The Morgan fingerprint density at radius 1 is 1.20 bits per heavy atom. The summed E-state index contributed by atoms with van der Waals surface area (Å²) in [7, 11) is 3.80. The number of esters is 1. The fourth-order valence-corrected chi connectivity index (χ4v) is 7.37. The van der Waals surface area contributed by atoms with Crippen LogP contribution in [0.4, 0.5) is 4.79 Å². The van der Waals surface area contributed by atoms with Crippen molar-refractivity contribution in [3.05, 3.63) is 22.1 Å². The van der Waals surface area contributed by atoms with Gasteiger partial charge in [-0.05, 0) is 97.3 Å². The SMILES string of the molecule is CC[C@H]1OC(=O)[C@H](C)C(=O)[C@H](C)[C@@H](O[C@@H]2OC(C)CC(N(C)C)C2O)/C(C)=C/CC[C@H](C)[C@H]2N(CCCCN=[N+]=[N-])C(=O)O[C@]12C. The van der Waals surface area contributed by atoms with E-state index in [4.69, 9.17) is 24.5 Å². The van der Waals surface area contributed by atoms with Crippen LogP contribution in [-0.2, 0) is 28.5 Å². The lowest BCUT2D eigenvalue weighted by Crippen LogP contribution is -2.56. The molecular weight excluding hydrogens is 594 g/mol. The van der Waals surface area contributed by atoms with Gasteiger partial charge in [-0.15, -0.1) is 0 Å². The second-order valence-corrected chi connectivity index (χ2v) is 13.7. The molecule has 1 N–H and O–H groups in total. The summed E-state index contributed by atoms with van der Waals surface area (Å²) in [5.41, 5.74) is 8.27. The quantitative estimate of drug-likeness (QED) is 0.0688. The summed E-state index contributed by atoms with van der Waals surface area (Å²) in [4.78, 5) is 47.2. The molecule has 260 valence electrons. The number of ether oxygens (including phenoxy) is 4. The van der Waals surface area contributed by atoms with Crippen LogP contribution < -0.4 is 0 Å². The van der Waals surface area contributed by atoms with Gasteiger partial charge < -0.3 is 33.9 Å². The number of carbonyl (C=O) groups is 3. The molecule has 0 saturated carbocycles. The molecule has 3 unspecified atom stereocenters. The topological polar surface area (TPSA) is 164 Å². The first-order valence-electron chi connectivity index (χ1n) is 16.7. The maximum absolute atomic E-state index is 13.9. The Bertz CT molecular complexity index is 1160. The zero-order valence-corrected chi connectivity index (χ0v) is 29.0. The van der Waals surface area contributed by atoms with Crippen LogP contribution in [0, 0.1) is 17.8 Å². The molecule has 0 bridgehead atoms. The predicted molar refractivity (Wildman–Crippen MR) is 172 cm³/mol. The molecule has 13 heteroatoms. The normalized spacial score (nSPS) is 39.1. The molecule has 3 heterocycles. The Morgan fingerprint density at radius 3 is 2.52 bits per heavy atom. The number of aliphatic hydroxyl groups is 1. The Hall–Kier alpha value is -2.70. The van der Waals surface area contributed by atoms with E-state index in [-0.39, 0.29) is 23.8 Å². The van der Waals surface area contributed by atoms with E-state index in [1.54, 1.807) is 11.8 Å². The Labute approximate surface area is 273 Å². The highest BCUT2D eigenvalue weighted by molar-refractivity contribution is 6.00. The van der Waals surface area contributed by atoms with Gasteiger partial charge in [-0.3, -0.25) is 9.59 Å². The summed E-state index contributed by atoms with van der Waals surface area (Å²) in [6.07, 6.45) is 1.56. The van der Waals surface area contributed by atoms with Crippen LogP contribution in [0.15, 0.2) is 16.8 Å². The van der Waals surface area contributed by atoms with Crippen LogP contribution in [0.3, 0.4) is 0 Å². The fraction of sp³-hybridized carbons (Fsp3) is 0.848. The number of rotatable bonds is 9. The molecule has 0 spiro atoms. The van der Waals surface area contributed by atoms with Crippen molar-refractivity contribution in [3.63, 3.8) is 0 Å². The van der Waals surface area contributed by atoms with Crippen molar-refractivity contribution in [3.8, 4) is 0 Å². The zero-order chi connectivity index (χ0) is 34.3. The van der Waals surface area contributed by atoms with Crippen LogP contribution in [0.2, 0.25) is 0 Å². The molecule has 3 aliphatic heterocycles. The van der Waals surface area contributed by atoms with Crippen molar-refractivity contribution in [2.75, 3.05) is 27.2 Å². The number of amides is 1. The van der Waals surface area contributed by atoms with E-state index in [9.17, 15) is 19.5 Å². The van der Waals surface area contributed by atoms with Gasteiger partial charge in [0.2, 0.25) is 0 Å². The molecule has 2 saturated heterocycles. The molecule has 13 nitrogen and oxygen atoms in total. The first-order valence-corrected chi connectivity index (χ1v) is 16.7. The standard InChI is InChI=1S/C33H55N5O8/c1-10-25-33(7)29(38(32(42)46-33)17-12-11-16-35-36-34)20(3)15-13-14-19(2)28(22(5)26(39)23(6)30(41)44-25)45-31-27(40)24(37(8)9)18-21(4)43-31/h14,20-25,27-29,31,40H,10-13,15-18H2,1-9H3/b19-14+/t20-,21?,22-,23+,24?,25+,27?,28-,29+,31-,33+/m0/s1. The van der Waals surface area contributed by atoms with Gasteiger partial charge in [0.05, 0.1) is 18.2 Å². The summed E-state index contributed by atoms with van der Waals surface area (Å²) >= 11 is 0. The summed E-state index contributed by atoms with van der Waals surface area (Å²) < 4.78 is 24.6. The van der Waals surface area contributed by atoms with Crippen molar-refractivity contribution in [1.29, 1.82) is 0 Å². The minimum absolute atomic E-state index is 0.0469. The second-order valence-electron chi connectivity index (χ2n) is 13.7. The molecule has 46 heavy (non-hydrogen) atoms. The molecule has 0 aliphatic carbocycles. The Balaban J connectivity index is 1.97. The lowest BCUT2D eigenvalue weighted by molar-refractivity contribution is -0.267. The zero-order valence-electron chi connectivity index (χ0n) is 29.0. The van der Waals surface area contributed by atoms with Gasteiger partial charge in [-0.25, -0.2) is 4.79 Å². The van der Waals surface area contributed by atoms with E-state index in [2.05, 4.69) is 16.9 Å². The summed E-state index contributed by atoms with van der Waals surface area (Å²) in [5, 5.41) is 14.8. The van der Waals surface area contributed by atoms with Gasteiger partial charge in [0.25, 0.3) is 0 Å². The second kappa shape index (κ2) is 16.4. The average molecular weight is 650 g/mol. The van der Waals surface area contributed by atoms with Crippen LogP contribution in [0.25, 0.3) is 10.4 Å². The lowest BCUT2D eigenvalue weighted by atomic mass is 9.79. The highest BCUT2D eigenvalue weighted by Gasteiger charge is 2.58. The minimum Gasteiger partial charge on any atom is -0.458 e. The van der Waals surface area contributed by atoms with Crippen molar-refractivity contribution in [1.82, 2.24) is 9.80 Å². The van der Waals surface area contributed by atoms with Crippen LogP contribution in [-0.4, -0.2) is 108 Å². The number of unbranched alkanes of at least 4 members (excludes halogenated alkanes) is 1. The molecule has 0 aromatic carbocycles. The molecule has 3 aliphatic rings. The van der Waals surface area contributed by atoms with E-state index >= 15 is 0 Å². The van der Waals surface area contributed by atoms with Gasteiger partial charge >= 0.3 is 12.1 Å². The molecule has 2 fully saturated rings. The third kappa shape index (κ3) is 8.41. The predicted octanol–water partition coefficient (Wildman–Crippen LogP) is 5.01. The van der Waals surface area contributed by atoms with Crippen LogP contribution >= 0.6 is 0 Å². The summed E-state index contributed by atoms with van der Waals surface area (Å²) in [5.74, 6) is -2.93. The third-order valence-electron chi connectivity index (χ3n) is 10.0. The first kappa shape index (κ1) is 37.8. The number of ketones is 1. The highest BCUT2D eigenvalue weighted by atomic mass is 16.7. The van der Waals surface area contributed by atoms with E-state index in [1.165, 1.54) is 6.92 Å². The average Bonchev–Trinajstić information content (AvgIpc) is 3.27. The van der Waals surface area contributed by atoms with Crippen molar-refractivity contribution in [2.24, 2.45) is 22.9 Å². The number of azide groups is 1. The third-order valence-corrected chi connectivity index (χ3v) is 10.0. The Kier molecular flexibility index (Phi) is 13.5. The monoisotopic (exact) mass is 649 g/mol. The number of aliphatic hydroxyl groups excluding tert-OH is 1. The number of hydrogen-bond donors (Lipinski definition) is 1. The molecule has 11 atom stereocenters. The van der Waals surface area contributed by atoms with Crippen LogP contribution in [0.5, 0.6) is 0 Å². The fourth-order valence-electron chi connectivity index (χ4n) is 7.37. The number of likely N-dealkylation sites (N-methyl/N-ethyl adjacent to an activating group) is 1. The van der Waals surface area contributed by atoms with Gasteiger partial charge in [-0.1, -0.05) is 32.0 Å². The van der Waals surface area contributed by atoms with E-state index in [0.717, 1.165) is 5.57 Å². The lowest BCUT2D eigenvalue weighted by Gasteiger charge is -2.43. The molecule has 3 rings (SSSR count). The van der Waals surface area contributed by atoms with Crippen molar-refractivity contribution >= 4 is 17.8 Å². The minimum atomic E-state index is -1.14. The van der Waals surface area contributed by atoms with E-state index < -0.39 is 60.1 Å². The number of cyclic esters (lactones) is 1. The number of fused-ring (bicyclic) bond motifs is 1.